The average molecular weight is 482 g/mol. The van der Waals surface area contributed by atoms with Crippen molar-refractivity contribution in [3.05, 3.63) is 106 Å². The summed E-state index contributed by atoms with van der Waals surface area (Å²) in [5.74, 6) is 0.591. The number of para-hydroxylation sites is 1. The van der Waals surface area contributed by atoms with Gasteiger partial charge in [-0.15, -0.1) is 0 Å². The number of hydrogen-bond acceptors (Lipinski definition) is 3. The molecule has 1 amide bonds. The van der Waals surface area contributed by atoms with Gasteiger partial charge in [-0.3, -0.25) is 14.2 Å². The van der Waals surface area contributed by atoms with Crippen LogP contribution < -0.4 is 5.56 Å². The first-order valence-electron chi connectivity index (χ1n) is 12.5. The van der Waals surface area contributed by atoms with Crippen molar-refractivity contribution >= 4 is 16.8 Å². The second-order valence-electron chi connectivity index (χ2n) is 10.8. The third-order valence-corrected chi connectivity index (χ3v) is 6.59. The van der Waals surface area contributed by atoms with Crippen LogP contribution in [-0.4, -0.2) is 20.4 Å². The average Bonchev–Trinajstić information content (AvgIpc) is 2.83. The molecule has 36 heavy (non-hydrogen) atoms. The highest BCUT2D eigenvalue weighted by Gasteiger charge is 2.29. The van der Waals surface area contributed by atoms with Crippen LogP contribution in [0.1, 0.15) is 62.7 Å². The number of benzene rings is 3. The lowest BCUT2D eigenvalue weighted by molar-refractivity contribution is -0.136. The molecule has 0 aliphatic rings. The van der Waals surface area contributed by atoms with Gasteiger partial charge in [0.25, 0.3) is 5.56 Å². The van der Waals surface area contributed by atoms with E-state index in [0.717, 1.165) is 22.4 Å². The van der Waals surface area contributed by atoms with Crippen molar-refractivity contribution < 1.29 is 4.79 Å². The van der Waals surface area contributed by atoms with Gasteiger partial charge in [-0.05, 0) is 67.1 Å². The Morgan fingerprint density at radius 2 is 1.61 bits per heavy atom. The highest BCUT2D eigenvalue weighted by Crippen LogP contribution is 2.29. The van der Waals surface area contributed by atoms with Crippen LogP contribution in [0.5, 0.6) is 0 Å². The Morgan fingerprint density at radius 1 is 0.944 bits per heavy atom. The van der Waals surface area contributed by atoms with Gasteiger partial charge in [-0.25, -0.2) is 4.98 Å². The summed E-state index contributed by atoms with van der Waals surface area (Å²) >= 11 is 0. The van der Waals surface area contributed by atoms with Crippen LogP contribution in [0.25, 0.3) is 16.6 Å². The molecule has 5 heteroatoms. The van der Waals surface area contributed by atoms with Gasteiger partial charge in [-0.1, -0.05) is 69.3 Å². The Bertz CT molecular complexity index is 1450. The van der Waals surface area contributed by atoms with Crippen LogP contribution in [0.15, 0.2) is 77.6 Å². The summed E-state index contributed by atoms with van der Waals surface area (Å²) in [5.41, 5.74) is 4.37. The molecule has 5 nitrogen and oxygen atoms in total. The predicted molar refractivity (Wildman–Crippen MR) is 146 cm³/mol. The lowest BCUT2D eigenvalue weighted by Gasteiger charge is -2.33. The standard InChI is InChI=1S/C31H35N3O2/c1-21-16-17-25(18-22(21)2)34-29(32-27-15-11-10-14-26(27)30(34)36)23(3)33(28(35)19-31(4,5)6)20-24-12-8-7-9-13-24/h7-18,23H,19-20H2,1-6H3. The van der Waals surface area contributed by atoms with Crippen LogP contribution in [0.2, 0.25) is 0 Å². The molecular formula is C31H35N3O2. The molecule has 1 unspecified atom stereocenters. The summed E-state index contributed by atoms with van der Waals surface area (Å²) in [4.78, 5) is 34.4. The van der Waals surface area contributed by atoms with Crippen molar-refractivity contribution in [3.63, 3.8) is 0 Å². The van der Waals surface area contributed by atoms with Crippen molar-refractivity contribution in [2.75, 3.05) is 0 Å². The molecule has 0 aliphatic carbocycles. The number of fused-ring (bicyclic) bond motifs is 1. The number of rotatable bonds is 6. The van der Waals surface area contributed by atoms with Crippen LogP contribution in [0.4, 0.5) is 0 Å². The smallest absolute Gasteiger partial charge is 0.266 e. The van der Waals surface area contributed by atoms with E-state index in [-0.39, 0.29) is 16.9 Å². The molecule has 4 aromatic rings. The monoisotopic (exact) mass is 481 g/mol. The highest BCUT2D eigenvalue weighted by atomic mass is 16.2. The van der Waals surface area contributed by atoms with E-state index < -0.39 is 6.04 Å². The zero-order chi connectivity index (χ0) is 26.0. The van der Waals surface area contributed by atoms with Gasteiger partial charge in [0.15, 0.2) is 0 Å². The first kappa shape index (κ1) is 25.4. The lowest BCUT2D eigenvalue weighted by atomic mass is 9.91. The minimum absolute atomic E-state index is 0.0351. The summed E-state index contributed by atoms with van der Waals surface area (Å²) in [6, 6.07) is 22.9. The van der Waals surface area contributed by atoms with Gasteiger partial charge in [-0.2, -0.15) is 0 Å². The molecule has 1 heterocycles. The molecule has 1 aromatic heterocycles. The second kappa shape index (κ2) is 10.1. The number of carbonyl (C=O) groups excluding carboxylic acids is 1. The molecule has 0 saturated heterocycles. The Balaban J connectivity index is 1.92. The van der Waals surface area contributed by atoms with E-state index in [1.165, 1.54) is 0 Å². The van der Waals surface area contributed by atoms with Crippen LogP contribution in [0.3, 0.4) is 0 Å². The molecule has 0 bridgehead atoms. The fourth-order valence-corrected chi connectivity index (χ4v) is 4.46. The molecule has 0 saturated carbocycles. The van der Waals surface area contributed by atoms with Gasteiger partial charge in [0.1, 0.15) is 5.82 Å². The Labute approximate surface area is 213 Å². The molecule has 186 valence electrons. The van der Waals surface area contributed by atoms with E-state index in [1.807, 2.05) is 91.5 Å². The zero-order valence-corrected chi connectivity index (χ0v) is 22.1. The first-order chi connectivity index (χ1) is 17.0. The van der Waals surface area contributed by atoms with E-state index >= 15 is 0 Å². The second-order valence-corrected chi connectivity index (χ2v) is 10.8. The molecule has 0 aliphatic heterocycles. The van der Waals surface area contributed by atoms with E-state index in [0.29, 0.717) is 29.7 Å². The molecule has 3 aromatic carbocycles. The number of nitrogens with zero attached hydrogens (tertiary/aromatic N) is 3. The van der Waals surface area contributed by atoms with E-state index in [2.05, 4.69) is 27.7 Å². The van der Waals surface area contributed by atoms with Crippen molar-refractivity contribution in [1.29, 1.82) is 0 Å². The number of aromatic nitrogens is 2. The van der Waals surface area contributed by atoms with Gasteiger partial charge in [0.2, 0.25) is 5.91 Å². The zero-order valence-electron chi connectivity index (χ0n) is 22.1. The fraction of sp³-hybridized carbons (Fsp3) is 0.323. The van der Waals surface area contributed by atoms with Crippen molar-refractivity contribution in [2.45, 2.75) is 60.5 Å². The largest absolute Gasteiger partial charge is 0.328 e. The van der Waals surface area contributed by atoms with Crippen molar-refractivity contribution in [1.82, 2.24) is 14.5 Å². The fourth-order valence-electron chi connectivity index (χ4n) is 4.46. The molecule has 1 atom stereocenters. The van der Waals surface area contributed by atoms with E-state index in [9.17, 15) is 9.59 Å². The van der Waals surface area contributed by atoms with Crippen LogP contribution >= 0.6 is 0 Å². The van der Waals surface area contributed by atoms with Gasteiger partial charge in [0, 0.05) is 13.0 Å². The van der Waals surface area contributed by atoms with E-state index in [4.69, 9.17) is 4.98 Å². The van der Waals surface area contributed by atoms with Crippen molar-refractivity contribution in [3.8, 4) is 5.69 Å². The summed E-state index contributed by atoms with van der Waals surface area (Å²) in [5, 5.41) is 0.558. The number of hydrogen-bond donors (Lipinski definition) is 0. The van der Waals surface area contributed by atoms with Crippen LogP contribution in [0, 0.1) is 19.3 Å². The van der Waals surface area contributed by atoms with E-state index in [1.54, 1.807) is 4.57 Å². The molecule has 0 N–H and O–H groups in total. The topological polar surface area (TPSA) is 55.2 Å². The third-order valence-electron chi connectivity index (χ3n) is 6.59. The molecule has 4 rings (SSSR count). The molecule has 0 radical (unpaired) electrons. The summed E-state index contributed by atoms with van der Waals surface area (Å²) in [7, 11) is 0. The minimum Gasteiger partial charge on any atom is -0.328 e. The number of amides is 1. The number of carbonyl (C=O) groups is 1. The summed E-state index contributed by atoms with van der Waals surface area (Å²) < 4.78 is 1.68. The molecule has 0 fully saturated rings. The normalized spacial score (nSPS) is 12.5. The first-order valence-corrected chi connectivity index (χ1v) is 12.5. The Kier molecular flexibility index (Phi) is 7.11. The molecule has 0 spiro atoms. The minimum atomic E-state index is -0.432. The van der Waals surface area contributed by atoms with Gasteiger partial charge < -0.3 is 4.90 Å². The summed E-state index contributed by atoms with van der Waals surface area (Å²) in [6.07, 6.45) is 0.394. The third kappa shape index (κ3) is 5.40. The maximum Gasteiger partial charge on any atom is 0.266 e. The quantitative estimate of drug-likeness (QED) is 0.315. The molecular weight excluding hydrogens is 446 g/mol. The van der Waals surface area contributed by atoms with Gasteiger partial charge in [0.05, 0.1) is 22.6 Å². The lowest BCUT2D eigenvalue weighted by Crippen LogP contribution is -2.38. The maximum atomic E-state index is 13.8. The Hall–Kier alpha value is -3.73. The van der Waals surface area contributed by atoms with Crippen LogP contribution in [-0.2, 0) is 11.3 Å². The highest BCUT2D eigenvalue weighted by molar-refractivity contribution is 5.79. The SMILES string of the molecule is Cc1ccc(-n2c(C(C)N(Cc3ccccc3)C(=O)CC(C)(C)C)nc3ccccc3c2=O)cc1C. The maximum absolute atomic E-state index is 13.8. The van der Waals surface area contributed by atoms with Gasteiger partial charge >= 0.3 is 0 Å². The Morgan fingerprint density at radius 3 is 2.28 bits per heavy atom. The summed E-state index contributed by atoms with van der Waals surface area (Å²) in [6.45, 7) is 12.7. The van der Waals surface area contributed by atoms with Crippen molar-refractivity contribution in [2.24, 2.45) is 5.41 Å². The predicted octanol–water partition coefficient (Wildman–Crippen LogP) is 6.53. The number of aryl methyl sites for hydroxylation is 2.